The average Bonchev–Trinajstić information content (AvgIpc) is 2.70. The highest BCUT2D eigenvalue weighted by Crippen LogP contribution is 2.25. The molecule has 1 aromatic heterocycles. The summed E-state index contributed by atoms with van der Waals surface area (Å²) >= 11 is 0. The van der Waals surface area contributed by atoms with Gasteiger partial charge in [0, 0.05) is 37.9 Å². The number of nitrogens with one attached hydrogen (secondary N) is 1. The van der Waals surface area contributed by atoms with E-state index in [0.717, 1.165) is 49.8 Å². The van der Waals surface area contributed by atoms with E-state index in [1.54, 1.807) is 12.1 Å². The van der Waals surface area contributed by atoms with Gasteiger partial charge in [-0.3, -0.25) is 4.90 Å². The zero-order valence-electron chi connectivity index (χ0n) is 17.1. The Kier molecular flexibility index (Phi) is 7.30. The average molecular weight is 399 g/mol. The lowest BCUT2D eigenvalue weighted by atomic mass is 10.0. The van der Waals surface area contributed by atoms with E-state index in [0.29, 0.717) is 19.3 Å². The normalized spacial score (nSPS) is 15.1. The zero-order chi connectivity index (χ0) is 20.6. The molecule has 1 aliphatic heterocycles. The number of piperidine rings is 1. The molecule has 3 rings (SSSR count). The molecule has 7 heteroatoms. The van der Waals surface area contributed by atoms with Crippen LogP contribution in [0.25, 0.3) is 0 Å². The Bertz CT molecular complexity index is 778. The molecule has 0 spiro atoms. The summed E-state index contributed by atoms with van der Waals surface area (Å²) in [4.78, 5) is 17.6. The van der Waals surface area contributed by atoms with Gasteiger partial charge in [0.05, 0.1) is 18.8 Å². The van der Waals surface area contributed by atoms with Gasteiger partial charge in [-0.25, -0.2) is 9.78 Å². The molecular weight excluding hydrogens is 370 g/mol. The van der Waals surface area contributed by atoms with Gasteiger partial charge >= 0.3 is 5.97 Å². The van der Waals surface area contributed by atoms with E-state index < -0.39 is 5.97 Å². The second-order valence-electron chi connectivity index (χ2n) is 7.11. The first-order chi connectivity index (χ1) is 14.1. The van der Waals surface area contributed by atoms with Crippen LogP contribution in [0, 0.1) is 0 Å². The highest BCUT2D eigenvalue weighted by atomic mass is 16.5. The number of benzene rings is 1. The Balaban J connectivity index is 1.53. The summed E-state index contributed by atoms with van der Waals surface area (Å²) in [6.07, 6.45) is 3.40. The van der Waals surface area contributed by atoms with Crippen molar-refractivity contribution in [2.24, 2.45) is 0 Å². The summed E-state index contributed by atoms with van der Waals surface area (Å²) in [5.74, 6) is 1.46. The molecular formula is C22H29N3O4. The van der Waals surface area contributed by atoms with Crippen LogP contribution in [0.5, 0.6) is 11.5 Å². The molecule has 0 bridgehead atoms. The number of anilines is 1. The molecule has 1 aliphatic rings. The second kappa shape index (κ2) is 10.1. The van der Waals surface area contributed by atoms with Crippen LogP contribution >= 0.6 is 0 Å². The molecule has 7 nitrogen and oxygen atoms in total. The smallest absolute Gasteiger partial charge is 0.337 e. The molecule has 1 saturated heterocycles. The van der Waals surface area contributed by atoms with Gasteiger partial charge < -0.3 is 19.9 Å². The van der Waals surface area contributed by atoms with E-state index >= 15 is 0 Å². The Labute approximate surface area is 171 Å². The van der Waals surface area contributed by atoms with Gasteiger partial charge in [0.2, 0.25) is 0 Å². The third kappa shape index (κ3) is 6.09. The number of pyridine rings is 1. The van der Waals surface area contributed by atoms with Crippen molar-refractivity contribution in [1.29, 1.82) is 0 Å². The number of carboxylic acids is 1. The number of aromatic carboxylic acids is 1. The van der Waals surface area contributed by atoms with E-state index in [-0.39, 0.29) is 5.56 Å². The summed E-state index contributed by atoms with van der Waals surface area (Å²) < 4.78 is 11.4. The van der Waals surface area contributed by atoms with Crippen molar-refractivity contribution in [3.63, 3.8) is 0 Å². The molecule has 29 heavy (non-hydrogen) atoms. The van der Waals surface area contributed by atoms with Gasteiger partial charge in [-0.05, 0) is 56.5 Å². The molecule has 1 aromatic carbocycles. The van der Waals surface area contributed by atoms with Gasteiger partial charge in [-0.1, -0.05) is 0 Å². The van der Waals surface area contributed by atoms with Gasteiger partial charge in [0.25, 0.3) is 0 Å². The topological polar surface area (TPSA) is 83.9 Å². The largest absolute Gasteiger partial charge is 0.494 e. The fourth-order valence-corrected chi connectivity index (χ4v) is 3.53. The Hall–Kier alpha value is -2.80. The Morgan fingerprint density at radius 3 is 2.31 bits per heavy atom. The number of hydrogen-bond acceptors (Lipinski definition) is 6. The summed E-state index contributed by atoms with van der Waals surface area (Å²) in [6.45, 7) is 8.05. The fourth-order valence-electron chi connectivity index (χ4n) is 3.53. The maximum Gasteiger partial charge on any atom is 0.337 e. The van der Waals surface area contributed by atoms with Crippen LogP contribution in [0.3, 0.4) is 0 Å². The lowest BCUT2D eigenvalue weighted by molar-refractivity contribution is 0.0696. The van der Waals surface area contributed by atoms with E-state index in [1.165, 1.54) is 11.8 Å². The molecule has 0 aliphatic carbocycles. The standard InChI is InChI=1S/C22H29N3O4/c1-3-28-19-11-16(12-20(13-19)29-4-2)15-25-9-7-18(8-10-25)24-21-6-5-17(14-23-21)22(26)27/h5-6,11-14,18H,3-4,7-10,15H2,1-2H3,(H,23,24)(H,26,27). The zero-order valence-corrected chi connectivity index (χ0v) is 17.1. The van der Waals surface area contributed by atoms with Crippen molar-refractivity contribution in [3.8, 4) is 11.5 Å². The summed E-state index contributed by atoms with van der Waals surface area (Å²) in [5, 5.41) is 12.4. The van der Waals surface area contributed by atoms with Crippen LogP contribution < -0.4 is 14.8 Å². The number of aromatic nitrogens is 1. The lowest BCUT2D eigenvalue weighted by Crippen LogP contribution is -2.38. The summed E-state index contributed by atoms with van der Waals surface area (Å²) in [7, 11) is 0. The molecule has 2 heterocycles. The van der Waals surface area contributed by atoms with Crippen LogP contribution in [0.15, 0.2) is 36.5 Å². The predicted octanol–water partition coefficient (Wildman–Crippen LogP) is 3.65. The molecule has 0 atom stereocenters. The Morgan fingerprint density at radius 1 is 1.14 bits per heavy atom. The van der Waals surface area contributed by atoms with Gasteiger partial charge in [-0.15, -0.1) is 0 Å². The van der Waals surface area contributed by atoms with Gasteiger partial charge in [0.1, 0.15) is 17.3 Å². The molecule has 0 unspecified atom stereocenters. The fraction of sp³-hybridized carbons (Fsp3) is 0.455. The monoisotopic (exact) mass is 399 g/mol. The number of nitrogens with zero attached hydrogens (tertiary/aromatic N) is 2. The van der Waals surface area contributed by atoms with Crippen LogP contribution in [-0.4, -0.2) is 53.3 Å². The molecule has 0 saturated carbocycles. The molecule has 0 radical (unpaired) electrons. The van der Waals surface area contributed by atoms with Crippen molar-refractivity contribution >= 4 is 11.8 Å². The third-order valence-electron chi connectivity index (χ3n) is 4.92. The molecule has 0 amide bonds. The maximum absolute atomic E-state index is 10.9. The quantitative estimate of drug-likeness (QED) is 0.666. The number of ether oxygens (including phenoxy) is 2. The number of carboxylic acid groups (broad SMARTS) is 1. The molecule has 2 aromatic rings. The van der Waals surface area contributed by atoms with E-state index in [2.05, 4.69) is 27.3 Å². The van der Waals surface area contributed by atoms with Gasteiger partial charge in [-0.2, -0.15) is 0 Å². The molecule has 156 valence electrons. The van der Waals surface area contributed by atoms with Crippen LogP contribution in [0.4, 0.5) is 5.82 Å². The van der Waals surface area contributed by atoms with Crippen LogP contribution in [0.1, 0.15) is 42.6 Å². The van der Waals surface area contributed by atoms with Crippen molar-refractivity contribution in [3.05, 3.63) is 47.7 Å². The molecule has 2 N–H and O–H groups in total. The lowest BCUT2D eigenvalue weighted by Gasteiger charge is -2.32. The van der Waals surface area contributed by atoms with Crippen LogP contribution in [-0.2, 0) is 6.54 Å². The SMILES string of the molecule is CCOc1cc(CN2CCC(Nc3ccc(C(=O)O)cn3)CC2)cc(OCC)c1. The number of likely N-dealkylation sites (tertiary alicyclic amines) is 1. The predicted molar refractivity (Wildman–Crippen MR) is 112 cm³/mol. The van der Waals surface area contributed by atoms with Gasteiger partial charge in [0.15, 0.2) is 0 Å². The van der Waals surface area contributed by atoms with E-state index in [4.69, 9.17) is 14.6 Å². The molecule has 1 fully saturated rings. The number of rotatable bonds is 9. The second-order valence-corrected chi connectivity index (χ2v) is 7.11. The number of hydrogen-bond donors (Lipinski definition) is 2. The first-order valence-electron chi connectivity index (χ1n) is 10.1. The Morgan fingerprint density at radius 2 is 1.79 bits per heavy atom. The van der Waals surface area contributed by atoms with Crippen molar-refractivity contribution in [1.82, 2.24) is 9.88 Å². The van der Waals surface area contributed by atoms with Crippen molar-refractivity contribution in [2.75, 3.05) is 31.6 Å². The highest BCUT2D eigenvalue weighted by Gasteiger charge is 2.20. The first kappa shape index (κ1) is 20.9. The summed E-state index contributed by atoms with van der Waals surface area (Å²) in [5.41, 5.74) is 1.39. The maximum atomic E-state index is 10.9. The van der Waals surface area contributed by atoms with Crippen molar-refractivity contribution < 1.29 is 19.4 Å². The number of carbonyl (C=O) groups is 1. The third-order valence-corrected chi connectivity index (χ3v) is 4.92. The van der Waals surface area contributed by atoms with E-state index in [9.17, 15) is 4.79 Å². The highest BCUT2D eigenvalue weighted by molar-refractivity contribution is 5.87. The minimum absolute atomic E-state index is 0.200. The minimum Gasteiger partial charge on any atom is -0.494 e. The first-order valence-corrected chi connectivity index (χ1v) is 10.1. The summed E-state index contributed by atoms with van der Waals surface area (Å²) in [6, 6.07) is 9.76. The van der Waals surface area contributed by atoms with Crippen molar-refractivity contribution in [2.45, 2.75) is 39.3 Å². The van der Waals surface area contributed by atoms with E-state index in [1.807, 2.05) is 19.9 Å². The minimum atomic E-state index is -0.960. The van der Waals surface area contributed by atoms with Crippen LogP contribution in [0.2, 0.25) is 0 Å².